The van der Waals surface area contributed by atoms with Crippen molar-refractivity contribution in [1.29, 1.82) is 5.26 Å². The Hall–Kier alpha value is -3.99. The van der Waals surface area contributed by atoms with Gasteiger partial charge in [0, 0.05) is 25.6 Å². The van der Waals surface area contributed by atoms with Crippen LogP contribution in [0.3, 0.4) is 0 Å². The molecule has 2 aromatic carbocycles. The fraction of sp³-hybridized carbons (Fsp3) is 0.217. The summed E-state index contributed by atoms with van der Waals surface area (Å²) in [5, 5.41) is 14.6. The molecule has 3 rings (SSSR count). The summed E-state index contributed by atoms with van der Waals surface area (Å²) in [5.74, 6) is -1.27. The van der Waals surface area contributed by atoms with E-state index in [-0.39, 0.29) is 30.3 Å². The Labute approximate surface area is 179 Å². The molecule has 3 aromatic rings. The van der Waals surface area contributed by atoms with Crippen LogP contribution in [0.25, 0.3) is 0 Å². The van der Waals surface area contributed by atoms with Crippen molar-refractivity contribution >= 4 is 11.8 Å². The molecule has 0 bridgehead atoms. The van der Waals surface area contributed by atoms with E-state index in [4.69, 9.17) is 5.26 Å². The number of carbonyl (C=O) groups is 2. The van der Waals surface area contributed by atoms with Crippen molar-refractivity contribution in [3.05, 3.63) is 89.3 Å². The average Bonchev–Trinajstić information content (AvgIpc) is 3.20. The number of aryl methyl sites for hydroxylation is 1. The van der Waals surface area contributed by atoms with Crippen molar-refractivity contribution in [2.45, 2.75) is 18.9 Å². The van der Waals surface area contributed by atoms with Crippen LogP contribution < -0.4 is 10.6 Å². The van der Waals surface area contributed by atoms with E-state index in [0.717, 1.165) is 0 Å². The molecule has 2 N–H and O–H groups in total. The smallest absolute Gasteiger partial charge is 0.251 e. The second-order valence-corrected chi connectivity index (χ2v) is 7.24. The van der Waals surface area contributed by atoms with Gasteiger partial charge in [0.2, 0.25) is 5.91 Å². The van der Waals surface area contributed by atoms with Crippen molar-refractivity contribution in [3.8, 4) is 6.07 Å². The van der Waals surface area contributed by atoms with E-state index in [0.29, 0.717) is 16.8 Å². The van der Waals surface area contributed by atoms with Crippen molar-refractivity contribution in [1.82, 2.24) is 20.2 Å². The summed E-state index contributed by atoms with van der Waals surface area (Å²) in [5.41, 5.74) is 0.440. The molecule has 0 fully saturated rings. The number of nitriles is 1. The Balaban J connectivity index is 1.76. The van der Waals surface area contributed by atoms with Crippen LogP contribution in [0.1, 0.15) is 40.5 Å². The molecule has 8 heteroatoms. The first kappa shape index (κ1) is 21.7. The molecule has 158 valence electrons. The molecular weight excluding hydrogens is 397 g/mol. The number of nitrogens with one attached hydrogen (secondary N) is 2. The Bertz CT molecular complexity index is 1140. The van der Waals surface area contributed by atoms with Gasteiger partial charge in [0.1, 0.15) is 17.4 Å². The van der Waals surface area contributed by atoms with E-state index in [1.165, 1.54) is 12.1 Å². The summed E-state index contributed by atoms with van der Waals surface area (Å²) >= 11 is 0. The van der Waals surface area contributed by atoms with Gasteiger partial charge in [-0.1, -0.05) is 24.3 Å². The Morgan fingerprint density at radius 1 is 1.23 bits per heavy atom. The highest BCUT2D eigenvalue weighted by Gasteiger charge is 2.34. The van der Waals surface area contributed by atoms with Gasteiger partial charge < -0.3 is 15.2 Å². The number of aromatic nitrogens is 2. The maximum absolute atomic E-state index is 14.3. The van der Waals surface area contributed by atoms with E-state index in [2.05, 4.69) is 15.6 Å². The van der Waals surface area contributed by atoms with E-state index >= 15 is 0 Å². The summed E-state index contributed by atoms with van der Waals surface area (Å²) in [4.78, 5) is 29.0. The van der Waals surface area contributed by atoms with Crippen LogP contribution in [-0.4, -0.2) is 27.9 Å². The van der Waals surface area contributed by atoms with Crippen molar-refractivity contribution in [3.63, 3.8) is 0 Å². The summed E-state index contributed by atoms with van der Waals surface area (Å²) in [6.45, 7) is 1.88. The van der Waals surface area contributed by atoms with Gasteiger partial charge in [0.15, 0.2) is 0 Å². The van der Waals surface area contributed by atoms with Gasteiger partial charge in [-0.15, -0.1) is 0 Å². The Kier molecular flexibility index (Phi) is 6.46. The molecule has 1 heterocycles. The Morgan fingerprint density at radius 3 is 2.58 bits per heavy atom. The van der Waals surface area contributed by atoms with Gasteiger partial charge in [0.05, 0.1) is 23.8 Å². The van der Waals surface area contributed by atoms with Gasteiger partial charge >= 0.3 is 0 Å². The quantitative estimate of drug-likeness (QED) is 0.615. The van der Waals surface area contributed by atoms with E-state index in [9.17, 15) is 14.0 Å². The SMILES string of the molecule is Cn1cncc1C(C)(NC(=O)CCNC(=O)c1ccccc1)c1ccc(C#N)c(F)c1. The van der Waals surface area contributed by atoms with Crippen molar-refractivity contribution in [2.75, 3.05) is 6.54 Å². The Morgan fingerprint density at radius 2 is 1.97 bits per heavy atom. The van der Waals surface area contributed by atoms with E-state index in [1.54, 1.807) is 67.5 Å². The first-order valence-electron chi connectivity index (χ1n) is 9.66. The van der Waals surface area contributed by atoms with E-state index < -0.39 is 11.4 Å². The molecule has 1 aromatic heterocycles. The predicted molar refractivity (Wildman–Crippen MR) is 112 cm³/mol. The molecule has 0 aliphatic heterocycles. The number of benzene rings is 2. The molecule has 0 saturated carbocycles. The topological polar surface area (TPSA) is 99.8 Å². The lowest BCUT2D eigenvalue weighted by molar-refractivity contribution is -0.122. The number of amides is 2. The monoisotopic (exact) mass is 419 g/mol. The second kappa shape index (κ2) is 9.22. The zero-order valence-electron chi connectivity index (χ0n) is 17.2. The van der Waals surface area contributed by atoms with Crippen LogP contribution in [0.2, 0.25) is 0 Å². The summed E-state index contributed by atoms with van der Waals surface area (Å²) in [7, 11) is 1.77. The molecule has 2 amide bonds. The van der Waals surface area contributed by atoms with Gasteiger partial charge in [0.25, 0.3) is 5.91 Å². The largest absolute Gasteiger partial charge is 0.352 e. The number of hydrogen-bond donors (Lipinski definition) is 2. The number of halogens is 1. The second-order valence-electron chi connectivity index (χ2n) is 7.24. The third-order valence-electron chi connectivity index (χ3n) is 5.06. The van der Waals surface area contributed by atoms with Crippen LogP contribution in [0, 0.1) is 17.1 Å². The minimum Gasteiger partial charge on any atom is -0.352 e. The van der Waals surface area contributed by atoms with Gasteiger partial charge in [-0.25, -0.2) is 9.37 Å². The molecule has 1 unspecified atom stereocenters. The predicted octanol–water partition coefficient (Wildman–Crippen LogP) is 2.63. The van der Waals surface area contributed by atoms with Gasteiger partial charge in [-0.3, -0.25) is 9.59 Å². The molecule has 0 aliphatic rings. The average molecular weight is 419 g/mol. The van der Waals surface area contributed by atoms with Crippen LogP contribution in [-0.2, 0) is 17.4 Å². The standard InChI is InChI=1S/C23H22FN5O2/c1-23(20-14-26-15-29(20)2,18-9-8-17(13-25)19(24)12-18)28-21(30)10-11-27-22(31)16-6-4-3-5-7-16/h3-9,12,14-15H,10-11H2,1-2H3,(H,27,31)(H,28,30). The first-order chi connectivity index (χ1) is 14.8. The van der Waals surface area contributed by atoms with Crippen molar-refractivity contribution < 1.29 is 14.0 Å². The van der Waals surface area contributed by atoms with Gasteiger partial charge in [-0.2, -0.15) is 5.26 Å². The zero-order chi connectivity index (χ0) is 22.4. The summed E-state index contributed by atoms with van der Waals surface area (Å²) < 4.78 is 16.0. The van der Waals surface area contributed by atoms with Crippen LogP contribution in [0.4, 0.5) is 4.39 Å². The number of nitrogens with zero attached hydrogens (tertiary/aromatic N) is 3. The van der Waals surface area contributed by atoms with Crippen LogP contribution in [0.15, 0.2) is 61.1 Å². The zero-order valence-corrected chi connectivity index (χ0v) is 17.2. The highest BCUT2D eigenvalue weighted by Crippen LogP contribution is 2.30. The number of carbonyl (C=O) groups excluding carboxylic acids is 2. The van der Waals surface area contributed by atoms with Crippen molar-refractivity contribution in [2.24, 2.45) is 7.05 Å². The highest BCUT2D eigenvalue weighted by atomic mass is 19.1. The number of rotatable bonds is 7. The lowest BCUT2D eigenvalue weighted by Crippen LogP contribution is -2.46. The van der Waals surface area contributed by atoms with Crippen LogP contribution in [0.5, 0.6) is 0 Å². The molecule has 0 aliphatic carbocycles. The summed E-state index contributed by atoms with van der Waals surface area (Å²) in [6.07, 6.45) is 3.21. The molecule has 0 spiro atoms. The molecule has 31 heavy (non-hydrogen) atoms. The highest BCUT2D eigenvalue weighted by molar-refractivity contribution is 5.94. The molecule has 1 atom stereocenters. The molecule has 0 radical (unpaired) electrons. The summed E-state index contributed by atoms with van der Waals surface area (Å²) in [6, 6.07) is 14.7. The van der Waals surface area contributed by atoms with E-state index in [1.807, 2.05) is 6.07 Å². The number of hydrogen-bond acceptors (Lipinski definition) is 4. The lowest BCUT2D eigenvalue weighted by Gasteiger charge is -2.32. The first-order valence-corrected chi connectivity index (χ1v) is 9.66. The van der Waals surface area contributed by atoms with Crippen LogP contribution >= 0.6 is 0 Å². The number of imidazole rings is 1. The van der Waals surface area contributed by atoms with Gasteiger partial charge in [-0.05, 0) is 36.8 Å². The molecular formula is C23H22FN5O2. The fourth-order valence-electron chi connectivity index (χ4n) is 3.36. The maximum Gasteiger partial charge on any atom is 0.251 e. The third-order valence-corrected chi connectivity index (χ3v) is 5.06. The minimum absolute atomic E-state index is 0.0325. The fourth-order valence-corrected chi connectivity index (χ4v) is 3.36. The molecule has 0 saturated heterocycles. The maximum atomic E-state index is 14.3. The normalized spacial score (nSPS) is 12.5. The lowest BCUT2D eigenvalue weighted by atomic mass is 9.87. The minimum atomic E-state index is -1.10. The molecule has 7 nitrogen and oxygen atoms in total. The third kappa shape index (κ3) is 4.78.